The van der Waals surface area contributed by atoms with Crippen LogP contribution < -0.4 is 5.32 Å². The van der Waals surface area contributed by atoms with Crippen molar-refractivity contribution < 1.29 is 10.2 Å². The van der Waals surface area contributed by atoms with E-state index < -0.39 is 6.04 Å². The van der Waals surface area contributed by atoms with Crippen molar-refractivity contribution in [2.75, 3.05) is 5.32 Å². The van der Waals surface area contributed by atoms with Gasteiger partial charge in [-0.15, -0.1) is 0 Å². The molecule has 0 fully saturated rings. The summed E-state index contributed by atoms with van der Waals surface area (Å²) in [7, 11) is 0. The van der Waals surface area contributed by atoms with Gasteiger partial charge in [-0.1, -0.05) is 36.4 Å². The molecular formula is C22H19N3O2. The largest absolute Gasteiger partial charge is 0.508 e. The van der Waals surface area contributed by atoms with Gasteiger partial charge in [0.05, 0.1) is 6.04 Å². The number of nitrogens with one attached hydrogen (secondary N) is 1. The number of rotatable bonds is 4. The van der Waals surface area contributed by atoms with Crippen LogP contribution in [0.3, 0.4) is 0 Å². The van der Waals surface area contributed by atoms with E-state index in [9.17, 15) is 10.2 Å². The van der Waals surface area contributed by atoms with Crippen LogP contribution in [0.15, 0.2) is 72.9 Å². The third kappa shape index (κ3) is 3.40. The van der Waals surface area contributed by atoms with Crippen molar-refractivity contribution in [2.45, 2.75) is 13.0 Å². The number of hydrogen-bond acceptors (Lipinski definition) is 5. The summed E-state index contributed by atoms with van der Waals surface area (Å²) >= 11 is 0. The number of benzene rings is 2. The van der Waals surface area contributed by atoms with Crippen molar-refractivity contribution in [1.82, 2.24) is 9.97 Å². The Morgan fingerprint density at radius 3 is 2.59 bits per heavy atom. The molecule has 0 saturated heterocycles. The molecule has 0 amide bonds. The maximum Gasteiger partial charge on any atom is 0.147 e. The van der Waals surface area contributed by atoms with Crippen LogP contribution in [0, 0.1) is 6.92 Å². The molecule has 0 aliphatic rings. The fraction of sp³-hybridized carbons (Fsp3) is 0.0909. The molecule has 1 unspecified atom stereocenters. The van der Waals surface area contributed by atoms with Crippen LogP contribution in [0.2, 0.25) is 0 Å². The second-order valence-electron chi connectivity index (χ2n) is 6.42. The monoisotopic (exact) mass is 357 g/mol. The first-order chi connectivity index (χ1) is 13.1. The van der Waals surface area contributed by atoms with E-state index in [2.05, 4.69) is 15.3 Å². The van der Waals surface area contributed by atoms with Gasteiger partial charge in [0.15, 0.2) is 0 Å². The van der Waals surface area contributed by atoms with Crippen molar-refractivity contribution >= 4 is 16.7 Å². The number of aromatic nitrogens is 2. The van der Waals surface area contributed by atoms with Crippen molar-refractivity contribution in [2.24, 2.45) is 0 Å². The Labute approximate surface area is 157 Å². The van der Waals surface area contributed by atoms with Gasteiger partial charge in [-0.25, -0.2) is 4.98 Å². The summed E-state index contributed by atoms with van der Waals surface area (Å²) in [6.45, 7) is 1.92. The van der Waals surface area contributed by atoms with E-state index in [0.717, 1.165) is 16.6 Å². The number of phenolic OH excluding ortho intramolecular Hbond substituents is 2. The Bertz CT molecular complexity index is 1110. The van der Waals surface area contributed by atoms with Crippen LogP contribution in [0.25, 0.3) is 10.9 Å². The lowest BCUT2D eigenvalue weighted by molar-refractivity contribution is 0.469. The molecule has 1 atom stereocenters. The number of aryl methyl sites for hydroxylation is 1. The molecule has 0 aliphatic heterocycles. The Morgan fingerprint density at radius 1 is 0.926 bits per heavy atom. The lowest BCUT2D eigenvalue weighted by Crippen LogP contribution is -2.14. The molecule has 27 heavy (non-hydrogen) atoms. The highest BCUT2D eigenvalue weighted by molar-refractivity contribution is 5.86. The maximum absolute atomic E-state index is 10.9. The van der Waals surface area contributed by atoms with Gasteiger partial charge in [0.25, 0.3) is 0 Å². The molecule has 0 bridgehead atoms. The number of pyridine rings is 2. The zero-order valence-corrected chi connectivity index (χ0v) is 14.8. The topological polar surface area (TPSA) is 78.3 Å². The van der Waals surface area contributed by atoms with Crippen molar-refractivity contribution in [1.29, 1.82) is 0 Å². The summed E-state index contributed by atoms with van der Waals surface area (Å²) < 4.78 is 0. The molecule has 0 aliphatic carbocycles. The summed E-state index contributed by atoms with van der Waals surface area (Å²) in [6.07, 6.45) is 1.66. The second kappa shape index (κ2) is 6.96. The quantitative estimate of drug-likeness (QED) is 0.499. The van der Waals surface area contributed by atoms with Crippen LogP contribution in [0.1, 0.15) is 22.9 Å². The van der Waals surface area contributed by atoms with Gasteiger partial charge >= 0.3 is 0 Å². The predicted octanol–water partition coefficient (Wildman–Crippen LogP) is 4.55. The molecule has 3 N–H and O–H groups in total. The van der Waals surface area contributed by atoms with E-state index in [1.165, 1.54) is 0 Å². The zero-order valence-electron chi connectivity index (χ0n) is 14.8. The first-order valence-electron chi connectivity index (χ1n) is 8.67. The number of anilines is 1. The maximum atomic E-state index is 10.9. The molecule has 4 rings (SSSR count). The van der Waals surface area contributed by atoms with Gasteiger partial charge in [0, 0.05) is 22.8 Å². The highest BCUT2D eigenvalue weighted by atomic mass is 16.3. The number of aromatic hydroxyl groups is 2. The van der Waals surface area contributed by atoms with Gasteiger partial charge in [0.1, 0.15) is 22.8 Å². The van der Waals surface area contributed by atoms with E-state index in [1.807, 2.05) is 55.5 Å². The first-order valence-corrected chi connectivity index (χ1v) is 8.67. The van der Waals surface area contributed by atoms with Crippen molar-refractivity contribution in [3.05, 3.63) is 89.7 Å². The third-order valence-electron chi connectivity index (χ3n) is 4.47. The SMILES string of the molecule is Cc1cccc(NC(c2cccc(O)c2)c2ccc3cccnc3c2O)n1. The fourth-order valence-electron chi connectivity index (χ4n) is 3.19. The summed E-state index contributed by atoms with van der Waals surface area (Å²) in [5.74, 6) is 0.959. The average Bonchev–Trinajstić information content (AvgIpc) is 2.67. The van der Waals surface area contributed by atoms with Crippen molar-refractivity contribution in [3.8, 4) is 11.5 Å². The van der Waals surface area contributed by atoms with Gasteiger partial charge in [0.2, 0.25) is 0 Å². The van der Waals surface area contributed by atoms with E-state index in [1.54, 1.807) is 24.4 Å². The number of fused-ring (bicyclic) bond motifs is 1. The zero-order chi connectivity index (χ0) is 18.8. The van der Waals surface area contributed by atoms with Crippen LogP contribution in [0.5, 0.6) is 11.5 Å². The Kier molecular flexibility index (Phi) is 4.34. The highest BCUT2D eigenvalue weighted by Crippen LogP contribution is 2.36. The molecule has 0 spiro atoms. The fourth-order valence-corrected chi connectivity index (χ4v) is 3.19. The Morgan fingerprint density at radius 2 is 1.78 bits per heavy atom. The standard InChI is InChI=1S/C22H19N3O2/c1-14-5-2-9-19(24-14)25-20(16-6-3-8-17(26)13-16)18-11-10-15-7-4-12-23-21(15)22(18)27/h2-13,20,26-27H,1H3,(H,24,25). The summed E-state index contributed by atoms with van der Waals surface area (Å²) in [5.41, 5.74) is 2.90. The minimum Gasteiger partial charge on any atom is -0.508 e. The van der Waals surface area contributed by atoms with Crippen LogP contribution >= 0.6 is 0 Å². The first kappa shape index (κ1) is 16.8. The molecule has 0 saturated carbocycles. The van der Waals surface area contributed by atoms with E-state index in [-0.39, 0.29) is 11.5 Å². The van der Waals surface area contributed by atoms with Gasteiger partial charge in [-0.3, -0.25) is 4.98 Å². The van der Waals surface area contributed by atoms with Gasteiger partial charge in [-0.05, 0) is 42.8 Å². The predicted molar refractivity (Wildman–Crippen MR) is 106 cm³/mol. The van der Waals surface area contributed by atoms with Crippen LogP contribution in [0.4, 0.5) is 5.82 Å². The van der Waals surface area contributed by atoms with Crippen LogP contribution in [-0.2, 0) is 0 Å². The number of nitrogens with zero attached hydrogens (tertiary/aromatic N) is 2. The molecule has 2 heterocycles. The molecule has 0 radical (unpaired) electrons. The molecular weight excluding hydrogens is 338 g/mol. The minimum atomic E-state index is -0.405. The Hall–Kier alpha value is -3.60. The highest BCUT2D eigenvalue weighted by Gasteiger charge is 2.20. The lowest BCUT2D eigenvalue weighted by atomic mass is 9.96. The minimum absolute atomic E-state index is 0.113. The summed E-state index contributed by atoms with van der Waals surface area (Å²) in [4.78, 5) is 8.82. The van der Waals surface area contributed by atoms with Gasteiger partial charge < -0.3 is 15.5 Å². The lowest BCUT2D eigenvalue weighted by Gasteiger charge is -2.22. The molecule has 5 nitrogen and oxygen atoms in total. The molecule has 4 aromatic rings. The number of hydrogen-bond donors (Lipinski definition) is 3. The summed E-state index contributed by atoms with van der Waals surface area (Å²) in [6, 6.07) is 19.8. The summed E-state index contributed by atoms with van der Waals surface area (Å²) in [5, 5.41) is 25.1. The smallest absolute Gasteiger partial charge is 0.147 e. The van der Waals surface area contributed by atoms with E-state index >= 15 is 0 Å². The molecule has 134 valence electrons. The van der Waals surface area contributed by atoms with Crippen molar-refractivity contribution in [3.63, 3.8) is 0 Å². The number of phenols is 2. The van der Waals surface area contributed by atoms with E-state index in [0.29, 0.717) is 16.9 Å². The molecule has 2 aromatic carbocycles. The molecule has 2 aromatic heterocycles. The average molecular weight is 357 g/mol. The normalized spacial score (nSPS) is 12.0. The van der Waals surface area contributed by atoms with Gasteiger partial charge in [-0.2, -0.15) is 0 Å². The van der Waals surface area contributed by atoms with E-state index in [4.69, 9.17) is 0 Å². The second-order valence-corrected chi connectivity index (χ2v) is 6.42. The third-order valence-corrected chi connectivity index (χ3v) is 4.47. The van der Waals surface area contributed by atoms with Crippen LogP contribution in [-0.4, -0.2) is 20.2 Å². The Balaban J connectivity index is 1.86. The molecule has 5 heteroatoms.